The van der Waals surface area contributed by atoms with Gasteiger partial charge in [0.25, 0.3) is 0 Å². The maximum absolute atomic E-state index is 5.48. The van der Waals surface area contributed by atoms with Crippen molar-refractivity contribution in [3.8, 4) is 5.75 Å². The van der Waals surface area contributed by atoms with Gasteiger partial charge in [0.1, 0.15) is 5.75 Å². The summed E-state index contributed by atoms with van der Waals surface area (Å²) in [6, 6.07) is 2.36. The Morgan fingerprint density at radius 1 is 1.59 bits per heavy atom. The van der Waals surface area contributed by atoms with E-state index in [2.05, 4.69) is 16.4 Å². The molecule has 1 saturated heterocycles. The fourth-order valence-electron chi connectivity index (χ4n) is 2.34. The molecule has 4 heteroatoms. The normalized spacial score (nSPS) is 21.4. The fraction of sp³-hybridized carbons (Fsp3) is 0.615. The third-order valence-corrected chi connectivity index (χ3v) is 3.15. The first-order chi connectivity index (χ1) is 8.35. The van der Waals surface area contributed by atoms with E-state index in [1.165, 1.54) is 5.56 Å². The quantitative estimate of drug-likeness (QED) is 0.846. The van der Waals surface area contributed by atoms with E-state index in [9.17, 15) is 0 Å². The van der Waals surface area contributed by atoms with Crippen molar-refractivity contribution in [2.75, 3.05) is 26.9 Å². The Morgan fingerprint density at radius 3 is 3.12 bits per heavy atom. The summed E-state index contributed by atoms with van der Waals surface area (Å²) in [5.41, 5.74) is 1.17. The van der Waals surface area contributed by atoms with Crippen LogP contribution in [0.15, 0.2) is 18.5 Å². The lowest BCUT2D eigenvalue weighted by Gasteiger charge is -2.22. The predicted octanol–water partition coefficient (Wildman–Crippen LogP) is 1.78. The second-order valence-electron chi connectivity index (χ2n) is 4.28. The minimum Gasteiger partial charge on any atom is -0.492 e. The monoisotopic (exact) mass is 236 g/mol. The lowest BCUT2D eigenvalue weighted by Crippen LogP contribution is -2.25. The van der Waals surface area contributed by atoms with E-state index >= 15 is 0 Å². The molecule has 1 fully saturated rings. The van der Waals surface area contributed by atoms with Gasteiger partial charge in [-0.1, -0.05) is 0 Å². The zero-order valence-electron chi connectivity index (χ0n) is 10.5. The van der Waals surface area contributed by atoms with Crippen molar-refractivity contribution < 1.29 is 9.47 Å². The van der Waals surface area contributed by atoms with Crippen LogP contribution >= 0.6 is 0 Å². The molecule has 2 atom stereocenters. The van der Waals surface area contributed by atoms with Gasteiger partial charge < -0.3 is 14.8 Å². The van der Waals surface area contributed by atoms with Gasteiger partial charge in [-0.05, 0) is 32.0 Å². The van der Waals surface area contributed by atoms with Crippen molar-refractivity contribution in [3.63, 3.8) is 0 Å². The van der Waals surface area contributed by atoms with E-state index in [0.29, 0.717) is 18.6 Å². The molecular formula is C13H20N2O2. The van der Waals surface area contributed by atoms with Crippen LogP contribution < -0.4 is 10.1 Å². The van der Waals surface area contributed by atoms with Gasteiger partial charge in [0, 0.05) is 24.8 Å². The van der Waals surface area contributed by atoms with Crippen molar-refractivity contribution in [2.24, 2.45) is 5.92 Å². The Hall–Kier alpha value is -1.13. The Bertz CT molecular complexity index is 351. The summed E-state index contributed by atoms with van der Waals surface area (Å²) >= 11 is 0. The third-order valence-electron chi connectivity index (χ3n) is 3.15. The molecule has 0 radical (unpaired) electrons. The zero-order chi connectivity index (χ0) is 12.1. The summed E-state index contributed by atoms with van der Waals surface area (Å²) in [6.45, 7) is 4.33. The Labute approximate surface area is 102 Å². The highest BCUT2D eigenvalue weighted by molar-refractivity contribution is 5.26. The zero-order valence-corrected chi connectivity index (χ0v) is 10.5. The molecule has 1 aromatic rings. The van der Waals surface area contributed by atoms with Gasteiger partial charge in [-0.25, -0.2) is 0 Å². The second kappa shape index (κ2) is 5.98. The molecule has 4 nitrogen and oxygen atoms in total. The maximum atomic E-state index is 5.48. The number of hydrogen-bond donors (Lipinski definition) is 1. The molecule has 2 unspecified atom stereocenters. The highest BCUT2D eigenvalue weighted by Gasteiger charge is 2.26. The second-order valence-corrected chi connectivity index (χ2v) is 4.28. The Morgan fingerprint density at radius 2 is 2.47 bits per heavy atom. The molecule has 0 amide bonds. The van der Waals surface area contributed by atoms with Gasteiger partial charge in [0.2, 0.25) is 0 Å². The van der Waals surface area contributed by atoms with Gasteiger partial charge >= 0.3 is 0 Å². The summed E-state index contributed by atoms with van der Waals surface area (Å²) in [6.07, 6.45) is 4.76. The summed E-state index contributed by atoms with van der Waals surface area (Å²) in [7, 11) is 1.98. The van der Waals surface area contributed by atoms with Crippen LogP contribution in [-0.4, -0.2) is 31.9 Å². The first kappa shape index (κ1) is 12.3. The Balaban J connectivity index is 2.14. The van der Waals surface area contributed by atoms with E-state index in [4.69, 9.17) is 9.47 Å². The fourth-order valence-corrected chi connectivity index (χ4v) is 2.34. The van der Waals surface area contributed by atoms with Crippen molar-refractivity contribution >= 4 is 0 Å². The molecule has 1 N–H and O–H groups in total. The summed E-state index contributed by atoms with van der Waals surface area (Å²) < 4.78 is 10.9. The third kappa shape index (κ3) is 2.96. The molecule has 2 rings (SSSR count). The number of hydrogen-bond acceptors (Lipinski definition) is 4. The first-order valence-corrected chi connectivity index (χ1v) is 6.18. The van der Waals surface area contributed by atoms with Gasteiger partial charge in [-0.2, -0.15) is 0 Å². The van der Waals surface area contributed by atoms with Crippen LogP contribution in [0.1, 0.15) is 24.9 Å². The molecule has 1 aliphatic rings. The topological polar surface area (TPSA) is 43.4 Å². The van der Waals surface area contributed by atoms with Crippen molar-refractivity contribution in [3.05, 3.63) is 24.0 Å². The molecule has 0 saturated carbocycles. The molecule has 17 heavy (non-hydrogen) atoms. The van der Waals surface area contributed by atoms with Crippen LogP contribution in [-0.2, 0) is 4.74 Å². The number of pyridine rings is 1. The lowest BCUT2D eigenvalue weighted by molar-refractivity contribution is 0.177. The minimum atomic E-state index is 0.297. The standard InChI is InChI=1S/C13H20N2O2/c1-3-17-12-6-11(7-15-8-12)13(14-2)10-4-5-16-9-10/h6-8,10,13-14H,3-5,9H2,1-2H3. The smallest absolute Gasteiger partial charge is 0.137 e. The van der Waals surface area contributed by atoms with E-state index < -0.39 is 0 Å². The lowest BCUT2D eigenvalue weighted by atomic mass is 9.93. The predicted molar refractivity (Wildman–Crippen MR) is 66.1 cm³/mol. The average Bonchev–Trinajstić information content (AvgIpc) is 2.85. The van der Waals surface area contributed by atoms with E-state index in [1.807, 2.05) is 20.2 Å². The summed E-state index contributed by atoms with van der Waals surface area (Å²) in [4.78, 5) is 4.24. The molecule has 0 spiro atoms. The van der Waals surface area contributed by atoms with Crippen LogP contribution in [0.5, 0.6) is 5.75 Å². The minimum absolute atomic E-state index is 0.297. The van der Waals surface area contributed by atoms with Crippen LogP contribution in [0, 0.1) is 5.92 Å². The van der Waals surface area contributed by atoms with Gasteiger partial charge in [-0.15, -0.1) is 0 Å². The van der Waals surface area contributed by atoms with E-state index in [1.54, 1.807) is 6.20 Å². The van der Waals surface area contributed by atoms with Crippen molar-refractivity contribution in [2.45, 2.75) is 19.4 Å². The number of aromatic nitrogens is 1. The summed E-state index contributed by atoms with van der Waals surface area (Å²) in [5.74, 6) is 1.36. The van der Waals surface area contributed by atoms with Crippen molar-refractivity contribution in [1.29, 1.82) is 0 Å². The van der Waals surface area contributed by atoms with E-state index in [0.717, 1.165) is 25.4 Å². The number of ether oxygens (including phenoxy) is 2. The SMILES string of the molecule is CCOc1cncc(C(NC)C2CCOC2)c1. The molecule has 0 aromatic carbocycles. The number of nitrogens with one attached hydrogen (secondary N) is 1. The first-order valence-electron chi connectivity index (χ1n) is 6.18. The van der Waals surface area contributed by atoms with Gasteiger partial charge in [0.05, 0.1) is 19.4 Å². The molecule has 0 aliphatic carbocycles. The van der Waals surface area contributed by atoms with Crippen LogP contribution in [0.4, 0.5) is 0 Å². The number of rotatable bonds is 5. The molecule has 1 aliphatic heterocycles. The highest BCUT2D eigenvalue weighted by Crippen LogP contribution is 2.29. The van der Waals surface area contributed by atoms with Crippen LogP contribution in [0.3, 0.4) is 0 Å². The van der Waals surface area contributed by atoms with Crippen LogP contribution in [0.25, 0.3) is 0 Å². The number of nitrogens with zero attached hydrogens (tertiary/aromatic N) is 1. The maximum Gasteiger partial charge on any atom is 0.137 e. The van der Waals surface area contributed by atoms with Gasteiger partial charge in [-0.3, -0.25) is 4.98 Å². The largest absolute Gasteiger partial charge is 0.492 e. The molecule has 2 heterocycles. The van der Waals surface area contributed by atoms with E-state index in [-0.39, 0.29) is 0 Å². The molecule has 94 valence electrons. The molecule has 1 aromatic heterocycles. The highest BCUT2D eigenvalue weighted by atomic mass is 16.5. The average molecular weight is 236 g/mol. The van der Waals surface area contributed by atoms with Crippen molar-refractivity contribution in [1.82, 2.24) is 10.3 Å². The molecule has 0 bridgehead atoms. The summed E-state index contributed by atoms with van der Waals surface area (Å²) in [5, 5.41) is 3.35. The van der Waals surface area contributed by atoms with Crippen LogP contribution in [0.2, 0.25) is 0 Å². The Kier molecular flexibility index (Phi) is 4.34. The van der Waals surface area contributed by atoms with Gasteiger partial charge in [0.15, 0.2) is 0 Å². The molecular weight excluding hydrogens is 216 g/mol.